The lowest BCUT2D eigenvalue weighted by Gasteiger charge is -2.07. The second-order valence-corrected chi connectivity index (χ2v) is 5.72. The van der Waals surface area contributed by atoms with Gasteiger partial charge in [-0.15, -0.1) is 11.3 Å². The van der Waals surface area contributed by atoms with Crippen LogP contribution in [-0.2, 0) is 14.3 Å². The lowest BCUT2D eigenvalue weighted by Crippen LogP contribution is -2.20. The Labute approximate surface area is 141 Å². The number of carbonyl (C=O) groups is 2. The molecule has 7 heteroatoms. The molecule has 1 aromatic carbocycles. The summed E-state index contributed by atoms with van der Waals surface area (Å²) in [4.78, 5) is 24.2. The van der Waals surface area contributed by atoms with Crippen LogP contribution in [0.5, 0.6) is 0 Å². The van der Waals surface area contributed by atoms with Crippen LogP contribution in [0.25, 0.3) is 6.08 Å². The number of amides is 1. The lowest BCUT2D eigenvalue weighted by atomic mass is 10.2. The molecule has 1 heterocycles. The highest BCUT2D eigenvalue weighted by Gasteiger charge is 2.09. The number of anilines is 1. The standard InChI is InChI=1S/C16H11ClN2O3S/c17-12-4-3-11(9-18)14(8-12)19-15(20)10-22-16(21)6-5-13-2-1-7-23-13/h1-8H,10H2,(H,19,20)/b6-5+. The van der Waals surface area contributed by atoms with E-state index >= 15 is 0 Å². The van der Waals surface area contributed by atoms with Crippen LogP contribution in [0.1, 0.15) is 10.4 Å². The molecule has 116 valence electrons. The van der Waals surface area contributed by atoms with Crippen molar-refractivity contribution in [1.82, 2.24) is 0 Å². The summed E-state index contributed by atoms with van der Waals surface area (Å²) >= 11 is 7.30. The molecule has 2 rings (SSSR count). The summed E-state index contributed by atoms with van der Waals surface area (Å²) in [6.07, 6.45) is 2.86. The van der Waals surface area contributed by atoms with Gasteiger partial charge in [0.25, 0.3) is 5.91 Å². The minimum absolute atomic E-state index is 0.270. The highest BCUT2D eigenvalue weighted by Crippen LogP contribution is 2.20. The Morgan fingerprint density at radius 1 is 1.39 bits per heavy atom. The number of thiophene rings is 1. The van der Waals surface area contributed by atoms with E-state index < -0.39 is 18.5 Å². The van der Waals surface area contributed by atoms with Crippen LogP contribution in [0.3, 0.4) is 0 Å². The Bertz CT molecular complexity index is 779. The topological polar surface area (TPSA) is 79.2 Å². The average Bonchev–Trinajstić information content (AvgIpc) is 3.04. The smallest absolute Gasteiger partial charge is 0.331 e. The van der Waals surface area contributed by atoms with E-state index in [9.17, 15) is 9.59 Å². The first-order chi connectivity index (χ1) is 11.1. The third kappa shape index (κ3) is 5.25. The monoisotopic (exact) mass is 346 g/mol. The van der Waals surface area contributed by atoms with Crippen molar-refractivity contribution in [2.45, 2.75) is 0 Å². The zero-order valence-electron chi connectivity index (χ0n) is 11.8. The predicted octanol–water partition coefficient (Wildman–Crippen LogP) is 3.47. The Kier molecular flexibility index (Phi) is 5.92. The van der Waals surface area contributed by atoms with Gasteiger partial charge in [0.05, 0.1) is 11.3 Å². The van der Waals surface area contributed by atoms with E-state index in [1.54, 1.807) is 12.1 Å². The number of halogens is 1. The zero-order valence-corrected chi connectivity index (χ0v) is 13.4. The summed E-state index contributed by atoms with van der Waals surface area (Å²) in [6, 6.07) is 10.1. The number of benzene rings is 1. The summed E-state index contributed by atoms with van der Waals surface area (Å²) < 4.78 is 4.83. The van der Waals surface area contributed by atoms with Crippen molar-refractivity contribution >= 4 is 46.6 Å². The SMILES string of the molecule is N#Cc1ccc(Cl)cc1NC(=O)COC(=O)/C=C/c1cccs1. The summed E-state index contributed by atoms with van der Waals surface area (Å²) in [5, 5.41) is 13.7. The van der Waals surface area contributed by atoms with E-state index in [4.69, 9.17) is 21.6 Å². The van der Waals surface area contributed by atoms with Gasteiger partial charge in [0, 0.05) is 16.0 Å². The summed E-state index contributed by atoms with van der Waals surface area (Å²) in [6.45, 7) is -0.453. The zero-order chi connectivity index (χ0) is 16.7. The van der Waals surface area contributed by atoms with E-state index in [-0.39, 0.29) is 11.3 Å². The molecule has 0 bridgehead atoms. The molecule has 1 N–H and O–H groups in total. The van der Waals surface area contributed by atoms with Crippen LogP contribution in [0, 0.1) is 11.3 Å². The first-order valence-electron chi connectivity index (χ1n) is 6.46. The number of hydrogen-bond donors (Lipinski definition) is 1. The minimum Gasteiger partial charge on any atom is -0.452 e. The van der Waals surface area contributed by atoms with E-state index in [0.717, 1.165) is 4.88 Å². The molecule has 0 fully saturated rings. The number of rotatable bonds is 5. The Morgan fingerprint density at radius 3 is 2.91 bits per heavy atom. The molecule has 0 aliphatic rings. The Balaban J connectivity index is 1.87. The average molecular weight is 347 g/mol. The van der Waals surface area contributed by atoms with Crippen molar-refractivity contribution in [2.24, 2.45) is 0 Å². The highest BCUT2D eigenvalue weighted by molar-refractivity contribution is 7.10. The van der Waals surface area contributed by atoms with Crippen LogP contribution in [-0.4, -0.2) is 18.5 Å². The number of esters is 1. The van der Waals surface area contributed by atoms with Gasteiger partial charge in [-0.05, 0) is 35.7 Å². The van der Waals surface area contributed by atoms with Gasteiger partial charge in [-0.2, -0.15) is 5.26 Å². The summed E-state index contributed by atoms with van der Waals surface area (Å²) in [5.41, 5.74) is 0.543. The molecule has 0 saturated carbocycles. The van der Waals surface area contributed by atoms with Gasteiger partial charge in [0.15, 0.2) is 6.61 Å². The van der Waals surface area contributed by atoms with Crippen LogP contribution >= 0.6 is 22.9 Å². The second-order valence-electron chi connectivity index (χ2n) is 4.31. The van der Waals surface area contributed by atoms with Crippen molar-refractivity contribution in [3.63, 3.8) is 0 Å². The highest BCUT2D eigenvalue weighted by atomic mass is 35.5. The molecule has 0 aliphatic heterocycles. The van der Waals surface area contributed by atoms with Crippen LogP contribution in [0.15, 0.2) is 41.8 Å². The number of hydrogen-bond acceptors (Lipinski definition) is 5. The third-order valence-corrected chi connectivity index (χ3v) is 3.72. The molecule has 0 atom stereocenters. The molecule has 1 amide bonds. The molecule has 0 aliphatic carbocycles. The first kappa shape index (κ1) is 16.7. The van der Waals surface area contributed by atoms with E-state index in [1.165, 1.54) is 29.5 Å². The van der Waals surface area contributed by atoms with Crippen LogP contribution in [0.4, 0.5) is 5.69 Å². The van der Waals surface area contributed by atoms with Gasteiger partial charge in [0.1, 0.15) is 6.07 Å². The molecule has 0 unspecified atom stereocenters. The second kappa shape index (κ2) is 8.13. The van der Waals surface area contributed by atoms with Gasteiger partial charge < -0.3 is 10.1 Å². The molecule has 0 saturated heterocycles. The third-order valence-electron chi connectivity index (χ3n) is 2.65. The van der Waals surface area contributed by atoms with E-state index in [1.807, 2.05) is 23.6 Å². The maximum Gasteiger partial charge on any atom is 0.331 e. The number of nitriles is 1. The number of ether oxygens (including phenoxy) is 1. The normalized spacial score (nSPS) is 10.3. The minimum atomic E-state index is -0.625. The Hall–Kier alpha value is -2.62. The molecule has 0 spiro atoms. The molecule has 1 aromatic heterocycles. The predicted molar refractivity (Wildman–Crippen MR) is 89.1 cm³/mol. The fourth-order valence-electron chi connectivity index (χ4n) is 1.62. The van der Waals surface area contributed by atoms with Crippen molar-refractivity contribution in [2.75, 3.05) is 11.9 Å². The molecule has 23 heavy (non-hydrogen) atoms. The number of nitrogens with zero attached hydrogens (tertiary/aromatic N) is 1. The fourth-order valence-corrected chi connectivity index (χ4v) is 2.41. The van der Waals surface area contributed by atoms with Crippen molar-refractivity contribution in [3.05, 3.63) is 57.3 Å². The van der Waals surface area contributed by atoms with Crippen molar-refractivity contribution in [1.29, 1.82) is 5.26 Å². The Morgan fingerprint density at radius 2 is 2.22 bits per heavy atom. The van der Waals surface area contributed by atoms with Gasteiger partial charge in [0.2, 0.25) is 0 Å². The van der Waals surface area contributed by atoms with Crippen molar-refractivity contribution in [3.8, 4) is 6.07 Å². The first-order valence-corrected chi connectivity index (χ1v) is 7.72. The molecule has 0 radical (unpaired) electrons. The maximum atomic E-state index is 11.8. The number of carbonyl (C=O) groups excluding carboxylic acids is 2. The quantitative estimate of drug-likeness (QED) is 0.664. The fraction of sp³-hybridized carbons (Fsp3) is 0.0625. The van der Waals surface area contributed by atoms with Gasteiger partial charge in [-0.25, -0.2) is 4.79 Å². The largest absolute Gasteiger partial charge is 0.452 e. The van der Waals surface area contributed by atoms with Crippen LogP contribution in [0.2, 0.25) is 5.02 Å². The molecular weight excluding hydrogens is 336 g/mol. The molecule has 2 aromatic rings. The van der Waals surface area contributed by atoms with Crippen molar-refractivity contribution < 1.29 is 14.3 Å². The lowest BCUT2D eigenvalue weighted by molar-refractivity contribution is -0.142. The number of nitrogens with one attached hydrogen (secondary N) is 1. The van der Waals surface area contributed by atoms with Gasteiger partial charge in [-0.3, -0.25) is 4.79 Å². The van der Waals surface area contributed by atoms with Crippen LogP contribution < -0.4 is 5.32 Å². The summed E-state index contributed by atoms with van der Waals surface area (Å²) in [7, 11) is 0. The van der Waals surface area contributed by atoms with Gasteiger partial charge in [-0.1, -0.05) is 17.7 Å². The van der Waals surface area contributed by atoms with Gasteiger partial charge >= 0.3 is 5.97 Å². The molecular formula is C16H11ClN2O3S. The summed E-state index contributed by atoms with van der Waals surface area (Å²) in [5.74, 6) is -1.18. The molecule has 5 nitrogen and oxygen atoms in total. The van der Waals surface area contributed by atoms with E-state index in [2.05, 4.69) is 5.32 Å². The maximum absolute atomic E-state index is 11.8. The van der Waals surface area contributed by atoms with E-state index in [0.29, 0.717) is 5.02 Å².